The highest BCUT2D eigenvalue weighted by Gasteiger charge is 2.28. The van der Waals surface area contributed by atoms with E-state index >= 15 is 0 Å². The fourth-order valence-corrected chi connectivity index (χ4v) is 2.38. The maximum Gasteiger partial charge on any atom is 0.401 e. The van der Waals surface area contributed by atoms with Gasteiger partial charge in [0, 0.05) is 18.7 Å². The van der Waals surface area contributed by atoms with E-state index in [2.05, 4.69) is 15.6 Å². The molecule has 2 N–H and O–H groups in total. The molecule has 1 aromatic rings. The van der Waals surface area contributed by atoms with Gasteiger partial charge >= 0.3 is 6.18 Å². The number of aliphatic imine (C=N–C) groups is 1. The molecule has 0 aliphatic heterocycles. The van der Waals surface area contributed by atoms with Crippen molar-refractivity contribution >= 4 is 5.96 Å². The van der Waals surface area contributed by atoms with Gasteiger partial charge in [0.05, 0.1) is 19.7 Å². The van der Waals surface area contributed by atoms with E-state index < -0.39 is 12.7 Å². The molecule has 0 heterocycles. The number of nitrogens with one attached hydrogen (secondary N) is 2. The first-order valence-electron chi connectivity index (χ1n) is 8.84. The van der Waals surface area contributed by atoms with Crippen LogP contribution in [0.5, 0.6) is 5.75 Å². The van der Waals surface area contributed by atoms with E-state index in [4.69, 9.17) is 4.74 Å². The minimum Gasteiger partial charge on any atom is -0.494 e. The summed E-state index contributed by atoms with van der Waals surface area (Å²) in [6.07, 6.45) is -3.57. The predicted octanol–water partition coefficient (Wildman–Crippen LogP) is 3.02. The van der Waals surface area contributed by atoms with Crippen molar-refractivity contribution < 1.29 is 17.9 Å². The number of para-hydroxylation sites is 1. The topological polar surface area (TPSA) is 48.9 Å². The van der Waals surface area contributed by atoms with Crippen molar-refractivity contribution in [3.63, 3.8) is 0 Å². The van der Waals surface area contributed by atoms with E-state index in [0.717, 1.165) is 11.3 Å². The maximum atomic E-state index is 12.3. The lowest BCUT2D eigenvalue weighted by atomic mass is 10.2. The van der Waals surface area contributed by atoms with Crippen molar-refractivity contribution in [1.29, 1.82) is 0 Å². The summed E-state index contributed by atoms with van der Waals surface area (Å²) >= 11 is 0. The molecule has 0 aliphatic rings. The molecule has 0 aliphatic carbocycles. The Labute approximate surface area is 153 Å². The molecule has 5 nitrogen and oxygen atoms in total. The maximum absolute atomic E-state index is 12.3. The Bertz CT molecular complexity index is 549. The summed E-state index contributed by atoms with van der Waals surface area (Å²) in [5.41, 5.74) is 0.983. The summed E-state index contributed by atoms with van der Waals surface area (Å²) in [5, 5.41) is 6.29. The summed E-state index contributed by atoms with van der Waals surface area (Å²) in [6, 6.07) is 7.72. The molecule has 0 spiro atoms. The first kappa shape index (κ1) is 22.1. The molecule has 1 rings (SSSR count). The zero-order chi connectivity index (χ0) is 19.4. The lowest BCUT2D eigenvalue weighted by molar-refractivity contribution is -0.143. The van der Waals surface area contributed by atoms with Crippen LogP contribution in [0.15, 0.2) is 29.3 Å². The highest BCUT2D eigenvalue weighted by Crippen LogP contribution is 2.18. The minimum atomic E-state index is -4.16. The Balaban J connectivity index is 2.49. The molecule has 1 aromatic carbocycles. The highest BCUT2D eigenvalue weighted by molar-refractivity contribution is 5.79. The number of guanidine groups is 1. The lowest BCUT2D eigenvalue weighted by Gasteiger charge is -2.19. The monoisotopic (exact) mass is 374 g/mol. The van der Waals surface area contributed by atoms with Gasteiger partial charge in [0.25, 0.3) is 0 Å². The summed E-state index contributed by atoms with van der Waals surface area (Å²) in [4.78, 5) is 5.79. The predicted molar refractivity (Wildman–Crippen MR) is 98.6 cm³/mol. The SMILES string of the molecule is CCNC(=NCc1ccccc1OCC)NCCCN(C)CC(F)(F)F. The van der Waals surface area contributed by atoms with Gasteiger partial charge in [-0.05, 0) is 39.9 Å². The Morgan fingerprint density at radius 2 is 1.92 bits per heavy atom. The largest absolute Gasteiger partial charge is 0.494 e. The fraction of sp³-hybridized carbons (Fsp3) is 0.611. The quantitative estimate of drug-likeness (QED) is 0.376. The Morgan fingerprint density at radius 1 is 1.19 bits per heavy atom. The van der Waals surface area contributed by atoms with Crippen LogP contribution in [-0.2, 0) is 6.54 Å². The molecule has 0 saturated carbocycles. The number of nitrogens with zero attached hydrogens (tertiary/aromatic N) is 2. The van der Waals surface area contributed by atoms with Crippen LogP contribution in [0.1, 0.15) is 25.8 Å². The molecule has 8 heteroatoms. The van der Waals surface area contributed by atoms with Crippen LogP contribution in [0.4, 0.5) is 13.2 Å². The number of rotatable bonds is 10. The average molecular weight is 374 g/mol. The van der Waals surface area contributed by atoms with Crippen molar-refractivity contribution in [1.82, 2.24) is 15.5 Å². The Kier molecular flexibility index (Phi) is 9.87. The van der Waals surface area contributed by atoms with Gasteiger partial charge in [0.2, 0.25) is 0 Å². The summed E-state index contributed by atoms with van der Waals surface area (Å²) in [5.74, 6) is 1.45. The van der Waals surface area contributed by atoms with Crippen molar-refractivity contribution in [2.45, 2.75) is 33.0 Å². The van der Waals surface area contributed by atoms with Crippen LogP contribution < -0.4 is 15.4 Å². The molecular weight excluding hydrogens is 345 g/mol. The van der Waals surface area contributed by atoms with Gasteiger partial charge in [-0.3, -0.25) is 4.90 Å². The zero-order valence-electron chi connectivity index (χ0n) is 15.7. The third-order valence-electron chi connectivity index (χ3n) is 3.48. The fourth-order valence-electron chi connectivity index (χ4n) is 2.38. The van der Waals surface area contributed by atoms with Gasteiger partial charge in [-0.25, -0.2) is 4.99 Å². The van der Waals surface area contributed by atoms with Gasteiger partial charge < -0.3 is 15.4 Å². The molecule has 0 bridgehead atoms. The van der Waals surface area contributed by atoms with Crippen LogP contribution in [0, 0.1) is 0 Å². The molecule has 0 saturated heterocycles. The Hall–Kier alpha value is -1.96. The average Bonchev–Trinajstić information content (AvgIpc) is 2.56. The smallest absolute Gasteiger partial charge is 0.401 e. The van der Waals surface area contributed by atoms with Crippen LogP contribution in [-0.4, -0.2) is 56.9 Å². The lowest BCUT2D eigenvalue weighted by Crippen LogP contribution is -2.39. The molecule has 0 fully saturated rings. The number of halogens is 3. The van der Waals surface area contributed by atoms with E-state index in [1.165, 1.54) is 11.9 Å². The second kappa shape index (κ2) is 11.6. The third kappa shape index (κ3) is 9.50. The number of hydrogen-bond donors (Lipinski definition) is 2. The van der Waals surface area contributed by atoms with E-state index in [-0.39, 0.29) is 0 Å². The molecule has 0 amide bonds. The Morgan fingerprint density at radius 3 is 2.58 bits per heavy atom. The first-order valence-corrected chi connectivity index (χ1v) is 8.84. The normalized spacial score (nSPS) is 12.3. The van der Waals surface area contributed by atoms with Crippen LogP contribution >= 0.6 is 0 Å². The molecule has 148 valence electrons. The molecule has 0 unspecified atom stereocenters. The summed E-state index contributed by atoms with van der Waals surface area (Å²) < 4.78 is 42.5. The zero-order valence-corrected chi connectivity index (χ0v) is 15.7. The first-order chi connectivity index (χ1) is 12.4. The molecule has 26 heavy (non-hydrogen) atoms. The number of ether oxygens (including phenoxy) is 1. The van der Waals surface area contributed by atoms with E-state index in [1.54, 1.807) is 0 Å². The van der Waals surface area contributed by atoms with Crippen LogP contribution in [0.2, 0.25) is 0 Å². The van der Waals surface area contributed by atoms with Crippen LogP contribution in [0.25, 0.3) is 0 Å². The molecule has 0 atom stereocenters. The molecule has 0 radical (unpaired) electrons. The molecule has 0 aromatic heterocycles. The molecular formula is C18H29F3N4O. The van der Waals surface area contributed by atoms with Crippen molar-refractivity contribution in [2.24, 2.45) is 4.99 Å². The van der Waals surface area contributed by atoms with Gasteiger partial charge in [0.15, 0.2) is 5.96 Å². The van der Waals surface area contributed by atoms with Crippen molar-refractivity contribution in [2.75, 3.05) is 39.8 Å². The van der Waals surface area contributed by atoms with Gasteiger partial charge in [-0.15, -0.1) is 0 Å². The van der Waals surface area contributed by atoms with E-state index in [1.807, 2.05) is 38.1 Å². The third-order valence-corrected chi connectivity index (χ3v) is 3.48. The number of alkyl halides is 3. The standard InChI is InChI=1S/C18H29F3N4O/c1-4-22-17(23-11-8-12-25(3)14-18(19,20)21)24-13-15-9-6-7-10-16(15)26-5-2/h6-7,9-10H,4-5,8,11-14H2,1-3H3,(H2,22,23,24). The summed E-state index contributed by atoms with van der Waals surface area (Å²) in [6.45, 7) is 5.65. The van der Waals surface area contributed by atoms with Gasteiger partial charge in [-0.2, -0.15) is 13.2 Å². The second-order valence-corrected chi connectivity index (χ2v) is 5.87. The van der Waals surface area contributed by atoms with E-state index in [9.17, 15) is 13.2 Å². The van der Waals surface area contributed by atoms with Crippen molar-refractivity contribution in [3.05, 3.63) is 29.8 Å². The van der Waals surface area contributed by atoms with Gasteiger partial charge in [0.1, 0.15) is 5.75 Å². The summed E-state index contributed by atoms with van der Waals surface area (Å²) in [7, 11) is 1.47. The second-order valence-electron chi connectivity index (χ2n) is 5.87. The minimum absolute atomic E-state index is 0.360. The van der Waals surface area contributed by atoms with Crippen molar-refractivity contribution in [3.8, 4) is 5.75 Å². The number of benzene rings is 1. The van der Waals surface area contributed by atoms with E-state index in [0.29, 0.717) is 45.2 Å². The van der Waals surface area contributed by atoms with Gasteiger partial charge in [-0.1, -0.05) is 18.2 Å². The number of hydrogen-bond acceptors (Lipinski definition) is 3. The highest BCUT2D eigenvalue weighted by atomic mass is 19.4. The van der Waals surface area contributed by atoms with Crippen LogP contribution in [0.3, 0.4) is 0 Å².